The number of rotatable bonds is 6. The molecule has 1 aromatic carbocycles. The van der Waals surface area contributed by atoms with Crippen molar-refractivity contribution in [1.82, 2.24) is 5.32 Å². The van der Waals surface area contributed by atoms with E-state index in [1.165, 1.54) is 5.56 Å². The largest absolute Gasteiger partial charge is 0.387 e. The third kappa shape index (κ3) is 4.88. The molecule has 96 valence electrons. The fraction of sp³-hybridized carbons (Fsp3) is 0.600. The minimum atomic E-state index is -0.407. The first kappa shape index (κ1) is 14.2. The highest BCUT2D eigenvalue weighted by Gasteiger charge is 2.07. The topological polar surface area (TPSA) is 32.3 Å². The molecule has 0 bridgehead atoms. The maximum Gasteiger partial charge on any atom is 0.0914 e. The van der Waals surface area contributed by atoms with E-state index in [9.17, 15) is 5.11 Å². The second-order valence-corrected chi connectivity index (χ2v) is 5.39. The summed E-state index contributed by atoms with van der Waals surface area (Å²) in [6.07, 6.45) is -0.407. The lowest BCUT2D eigenvalue weighted by Crippen LogP contribution is -2.25. The summed E-state index contributed by atoms with van der Waals surface area (Å²) in [5.41, 5.74) is 2.31. The third-order valence-electron chi connectivity index (χ3n) is 2.88. The predicted molar refractivity (Wildman–Crippen MR) is 73.2 cm³/mol. The molecule has 0 spiro atoms. The highest BCUT2D eigenvalue weighted by molar-refractivity contribution is 5.26. The lowest BCUT2D eigenvalue weighted by Gasteiger charge is -2.14. The Balaban J connectivity index is 2.48. The van der Waals surface area contributed by atoms with Crippen LogP contribution >= 0.6 is 0 Å². The van der Waals surface area contributed by atoms with Crippen molar-refractivity contribution in [3.05, 3.63) is 35.4 Å². The molecule has 17 heavy (non-hydrogen) atoms. The maximum atomic E-state index is 10.0. The molecule has 0 aliphatic carbocycles. The Kier molecular flexibility index (Phi) is 5.66. The van der Waals surface area contributed by atoms with Gasteiger partial charge in [-0.05, 0) is 29.5 Å². The highest BCUT2D eigenvalue weighted by atomic mass is 16.3. The molecule has 1 rings (SSSR count). The van der Waals surface area contributed by atoms with Crippen molar-refractivity contribution in [2.24, 2.45) is 5.92 Å². The first-order valence-electron chi connectivity index (χ1n) is 6.49. The highest BCUT2D eigenvalue weighted by Crippen LogP contribution is 2.18. The number of aliphatic hydroxyl groups is 1. The monoisotopic (exact) mass is 235 g/mol. The fourth-order valence-corrected chi connectivity index (χ4v) is 1.73. The van der Waals surface area contributed by atoms with Crippen molar-refractivity contribution >= 4 is 0 Å². The van der Waals surface area contributed by atoms with Gasteiger partial charge >= 0.3 is 0 Å². The van der Waals surface area contributed by atoms with Crippen molar-refractivity contribution in [2.45, 2.75) is 39.7 Å². The molecule has 0 amide bonds. The summed E-state index contributed by atoms with van der Waals surface area (Å²) in [6.45, 7) is 10.2. The van der Waals surface area contributed by atoms with Gasteiger partial charge in [0.05, 0.1) is 6.10 Å². The molecule has 0 radical (unpaired) electrons. The fourth-order valence-electron chi connectivity index (χ4n) is 1.73. The molecule has 1 unspecified atom stereocenters. The second-order valence-electron chi connectivity index (χ2n) is 5.39. The van der Waals surface area contributed by atoms with Crippen molar-refractivity contribution in [1.29, 1.82) is 0 Å². The van der Waals surface area contributed by atoms with Crippen LogP contribution in [-0.2, 0) is 0 Å². The van der Waals surface area contributed by atoms with Crippen LogP contribution in [-0.4, -0.2) is 18.2 Å². The summed E-state index contributed by atoms with van der Waals surface area (Å²) in [5.74, 6) is 1.16. The van der Waals surface area contributed by atoms with Gasteiger partial charge in [0.15, 0.2) is 0 Å². The van der Waals surface area contributed by atoms with Gasteiger partial charge in [0.1, 0.15) is 0 Å². The van der Waals surface area contributed by atoms with Crippen LogP contribution in [0.1, 0.15) is 50.8 Å². The SMILES string of the molecule is CC(C)CNCC(O)c1ccc(C(C)C)cc1. The molecule has 2 N–H and O–H groups in total. The van der Waals surface area contributed by atoms with Crippen molar-refractivity contribution in [3.8, 4) is 0 Å². The Morgan fingerprint density at radius 2 is 1.47 bits per heavy atom. The minimum Gasteiger partial charge on any atom is -0.387 e. The van der Waals surface area contributed by atoms with E-state index in [0.717, 1.165) is 12.1 Å². The number of aliphatic hydroxyl groups excluding tert-OH is 1. The van der Waals surface area contributed by atoms with E-state index >= 15 is 0 Å². The van der Waals surface area contributed by atoms with E-state index in [1.54, 1.807) is 0 Å². The summed E-state index contributed by atoms with van der Waals surface area (Å²) >= 11 is 0. The van der Waals surface area contributed by atoms with Crippen LogP contribution in [0.5, 0.6) is 0 Å². The van der Waals surface area contributed by atoms with Gasteiger partial charge < -0.3 is 10.4 Å². The van der Waals surface area contributed by atoms with Gasteiger partial charge in [0, 0.05) is 6.54 Å². The average Bonchev–Trinajstić information content (AvgIpc) is 2.28. The lowest BCUT2D eigenvalue weighted by atomic mass is 10.00. The molecule has 1 atom stereocenters. The molecule has 0 fully saturated rings. The first-order valence-corrected chi connectivity index (χ1v) is 6.49. The Bertz CT molecular complexity index is 316. The van der Waals surface area contributed by atoms with Gasteiger partial charge in [-0.1, -0.05) is 52.0 Å². The van der Waals surface area contributed by atoms with E-state index in [-0.39, 0.29) is 0 Å². The molecular weight excluding hydrogens is 210 g/mol. The summed E-state index contributed by atoms with van der Waals surface area (Å²) < 4.78 is 0. The van der Waals surface area contributed by atoms with E-state index in [2.05, 4.69) is 45.1 Å². The Morgan fingerprint density at radius 1 is 0.941 bits per heavy atom. The van der Waals surface area contributed by atoms with Gasteiger partial charge in [-0.3, -0.25) is 0 Å². The summed E-state index contributed by atoms with van der Waals surface area (Å²) in [7, 11) is 0. The van der Waals surface area contributed by atoms with E-state index in [1.807, 2.05) is 12.1 Å². The van der Waals surface area contributed by atoms with Crippen molar-refractivity contribution in [3.63, 3.8) is 0 Å². The summed E-state index contributed by atoms with van der Waals surface area (Å²) in [6, 6.07) is 8.26. The first-order chi connectivity index (χ1) is 8.00. The third-order valence-corrected chi connectivity index (χ3v) is 2.88. The van der Waals surface area contributed by atoms with Gasteiger partial charge in [-0.15, -0.1) is 0 Å². The average molecular weight is 235 g/mol. The van der Waals surface area contributed by atoms with Crippen molar-refractivity contribution < 1.29 is 5.11 Å². The number of nitrogens with one attached hydrogen (secondary N) is 1. The maximum absolute atomic E-state index is 10.0. The zero-order chi connectivity index (χ0) is 12.8. The van der Waals surface area contributed by atoms with Crippen LogP contribution in [0, 0.1) is 5.92 Å². The predicted octanol–water partition coefficient (Wildman–Crippen LogP) is 3.09. The molecule has 0 saturated carbocycles. The quantitative estimate of drug-likeness (QED) is 0.794. The standard InChI is InChI=1S/C15H25NO/c1-11(2)9-16-10-15(17)14-7-5-13(6-8-14)12(3)4/h5-8,11-12,15-17H,9-10H2,1-4H3. The number of hydrogen-bond donors (Lipinski definition) is 2. The molecule has 0 heterocycles. The van der Waals surface area contributed by atoms with Crippen LogP contribution in [0.15, 0.2) is 24.3 Å². The molecule has 2 heteroatoms. The van der Waals surface area contributed by atoms with E-state index < -0.39 is 6.10 Å². The van der Waals surface area contributed by atoms with Crippen LogP contribution < -0.4 is 5.32 Å². The van der Waals surface area contributed by atoms with Gasteiger partial charge in [0.2, 0.25) is 0 Å². The normalized spacial score (nSPS) is 13.4. The van der Waals surface area contributed by atoms with Gasteiger partial charge in [0.25, 0.3) is 0 Å². The molecule has 0 aliphatic heterocycles. The Hall–Kier alpha value is -0.860. The van der Waals surface area contributed by atoms with Gasteiger partial charge in [-0.25, -0.2) is 0 Å². The Labute approximate surface area is 105 Å². The molecule has 0 saturated heterocycles. The van der Waals surface area contributed by atoms with E-state index in [4.69, 9.17) is 0 Å². The zero-order valence-electron chi connectivity index (χ0n) is 11.4. The molecule has 0 aromatic heterocycles. The molecule has 1 aromatic rings. The van der Waals surface area contributed by atoms with Crippen LogP contribution in [0.3, 0.4) is 0 Å². The summed E-state index contributed by atoms with van der Waals surface area (Å²) in [5, 5.41) is 13.3. The molecular formula is C15H25NO. The smallest absolute Gasteiger partial charge is 0.0914 e. The lowest BCUT2D eigenvalue weighted by molar-refractivity contribution is 0.173. The summed E-state index contributed by atoms with van der Waals surface area (Å²) in [4.78, 5) is 0. The molecule has 2 nitrogen and oxygen atoms in total. The van der Waals surface area contributed by atoms with Crippen LogP contribution in [0.2, 0.25) is 0 Å². The van der Waals surface area contributed by atoms with Crippen molar-refractivity contribution in [2.75, 3.05) is 13.1 Å². The van der Waals surface area contributed by atoms with Crippen LogP contribution in [0.4, 0.5) is 0 Å². The number of benzene rings is 1. The zero-order valence-corrected chi connectivity index (χ0v) is 11.4. The Morgan fingerprint density at radius 3 is 1.94 bits per heavy atom. The van der Waals surface area contributed by atoms with Crippen LogP contribution in [0.25, 0.3) is 0 Å². The van der Waals surface area contributed by atoms with E-state index in [0.29, 0.717) is 18.4 Å². The second kappa shape index (κ2) is 6.77. The molecule has 0 aliphatic rings. The number of hydrogen-bond acceptors (Lipinski definition) is 2. The minimum absolute atomic E-state index is 0.407. The van der Waals surface area contributed by atoms with Gasteiger partial charge in [-0.2, -0.15) is 0 Å².